The number of nitrogens with one attached hydrogen (secondary N) is 1. The number of carbonyl (C=O) groups excluding carboxylic acids is 3. The number of ketones is 1. The molecule has 12 heteroatoms. The van der Waals surface area contributed by atoms with Gasteiger partial charge in [0, 0.05) is 49.7 Å². The van der Waals surface area contributed by atoms with Gasteiger partial charge in [-0.3, -0.25) is 24.5 Å². The zero-order valence-electron chi connectivity index (χ0n) is 20.5. The molecular formula is C25H31ClFN5O4S. The number of aryl methyl sites for hydroxylation is 1. The van der Waals surface area contributed by atoms with Crippen molar-refractivity contribution < 1.29 is 24.0 Å². The number of likely N-dealkylation sites (tertiary alicyclic amines) is 1. The Morgan fingerprint density at radius 1 is 1.27 bits per heavy atom. The quantitative estimate of drug-likeness (QED) is 0.340. The fourth-order valence-electron chi connectivity index (χ4n) is 4.58. The van der Waals surface area contributed by atoms with Crippen LogP contribution in [0.5, 0.6) is 0 Å². The predicted molar refractivity (Wildman–Crippen MR) is 140 cm³/mol. The molecule has 2 fully saturated rings. The summed E-state index contributed by atoms with van der Waals surface area (Å²) in [5.74, 6) is -0.856. The van der Waals surface area contributed by atoms with Crippen LogP contribution in [0.25, 0.3) is 6.08 Å². The smallest absolute Gasteiger partial charge is 0.243 e. The highest BCUT2D eigenvalue weighted by molar-refractivity contribution is 8.14. The van der Waals surface area contributed by atoms with Gasteiger partial charge in [-0.1, -0.05) is 35.2 Å². The number of carbonyl (C=O) groups is 3. The van der Waals surface area contributed by atoms with E-state index in [2.05, 4.69) is 10.3 Å². The molecular weight excluding hydrogens is 521 g/mol. The summed E-state index contributed by atoms with van der Waals surface area (Å²) in [6, 6.07) is 5.77. The number of aromatic nitrogens is 3. The maximum Gasteiger partial charge on any atom is 0.243 e. The summed E-state index contributed by atoms with van der Waals surface area (Å²) in [4.78, 5) is 38.6. The molecule has 1 aliphatic heterocycles. The summed E-state index contributed by atoms with van der Waals surface area (Å²) in [6.45, 7) is 2.91. The van der Waals surface area contributed by atoms with E-state index in [1.165, 1.54) is 24.8 Å². The van der Waals surface area contributed by atoms with Crippen molar-refractivity contribution in [2.75, 3.05) is 13.1 Å². The van der Waals surface area contributed by atoms with Crippen LogP contribution in [0, 0.1) is 11.7 Å². The number of hydrogen-bond donors (Lipinski definition) is 2. The molecule has 37 heavy (non-hydrogen) atoms. The van der Waals surface area contributed by atoms with E-state index in [-0.39, 0.29) is 40.9 Å². The first kappa shape index (κ1) is 29.0. The lowest BCUT2D eigenvalue weighted by Crippen LogP contribution is -2.43. The second-order valence-electron chi connectivity index (χ2n) is 9.20. The van der Waals surface area contributed by atoms with Crippen LogP contribution in [0.15, 0.2) is 36.0 Å². The van der Waals surface area contributed by atoms with Crippen LogP contribution in [0.2, 0.25) is 0 Å². The van der Waals surface area contributed by atoms with E-state index < -0.39 is 17.8 Å². The maximum absolute atomic E-state index is 14.8. The Morgan fingerprint density at radius 3 is 2.70 bits per heavy atom. The average molecular weight is 552 g/mol. The van der Waals surface area contributed by atoms with E-state index in [4.69, 9.17) is 5.21 Å². The monoisotopic (exact) mass is 551 g/mol. The van der Waals surface area contributed by atoms with Crippen molar-refractivity contribution in [3.63, 3.8) is 0 Å². The summed E-state index contributed by atoms with van der Waals surface area (Å²) in [7, 11) is 0. The van der Waals surface area contributed by atoms with Crippen LogP contribution >= 0.6 is 24.2 Å². The van der Waals surface area contributed by atoms with Gasteiger partial charge in [-0.05, 0) is 43.4 Å². The zero-order chi connectivity index (χ0) is 25.7. The van der Waals surface area contributed by atoms with Gasteiger partial charge in [0.05, 0.1) is 17.9 Å². The van der Waals surface area contributed by atoms with E-state index in [0.717, 1.165) is 18.4 Å². The molecule has 1 amide bonds. The number of hydroxylamine groups is 1. The molecule has 0 radical (unpaired) electrons. The number of benzene rings is 1. The standard InChI is InChI=1S/C25H30FN5O4S.ClH/c1-16(32)36-22-10-12-30(24(25(34)17-8-9-17)20-5-2-3-6-21(20)26)15-18(22)13-19-14-27-29-31(19)11-4-7-23(33)28-35;/h2-3,5-6,13-14,17,22,24,35H,4,7-12,15H2,1H3,(H,28,33);1H. The highest BCUT2D eigenvalue weighted by atomic mass is 35.5. The number of nitrogens with zero attached hydrogens (tertiary/aromatic N) is 4. The molecule has 2 N–H and O–H groups in total. The molecule has 9 nitrogen and oxygen atoms in total. The molecule has 4 rings (SSSR count). The van der Waals surface area contributed by atoms with Crippen molar-refractivity contribution in [3.05, 3.63) is 53.1 Å². The molecule has 0 bridgehead atoms. The first-order valence-corrected chi connectivity index (χ1v) is 13.0. The van der Waals surface area contributed by atoms with E-state index in [1.807, 2.05) is 11.0 Å². The Balaban J connectivity index is 0.00000380. The highest BCUT2D eigenvalue weighted by Crippen LogP contribution is 2.40. The highest BCUT2D eigenvalue weighted by Gasteiger charge is 2.41. The van der Waals surface area contributed by atoms with Crippen molar-refractivity contribution in [1.29, 1.82) is 0 Å². The fraction of sp³-hybridized carbons (Fsp3) is 0.480. The second-order valence-corrected chi connectivity index (χ2v) is 10.6. The molecule has 2 atom stereocenters. The van der Waals surface area contributed by atoms with Gasteiger partial charge in [-0.15, -0.1) is 17.5 Å². The Morgan fingerprint density at radius 2 is 2.03 bits per heavy atom. The molecule has 1 aromatic carbocycles. The van der Waals surface area contributed by atoms with Crippen molar-refractivity contribution in [2.24, 2.45) is 5.92 Å². The Labute approximate surface area is 225 Å². The topological polar surface area (TPSA) is 117 Å². The van der Waals surface area contributed by atoms with Crippen LogP contribution in [0.3, 0.4) is 0 Å². The molecule has 1 aliphatic carbocycles. The van der Waals surface area contributed by atoms with Gasteiger partial charge in [0.1, 0.15) is 5.82 Å². The van der Waals surface area contributed by atoms with Crippen LogP contribution in [0.4, 0.5) is 4.39 Å². The number of thioether (sulfide) groups is 1. The van der Waals surface area contributed by atoms with Crippen molar-refractivity contribution in [2.45, 2.75) is 56.9 Å². The van der Waals surface area contributed by atoms with Crippen LogP contribution in [0.1, 0.15) is 56.3 Å². The van der Waals surface area contributed by atoms with Gasteiger partial charge >= 0.3 is 0 Å². The van der Waals surface area contributed by atoms with E-state index >= 15 is 0 Å². The lowest BCUT2D eigenvalue weighted by Gasteiger charge is -2.38. The molecule has 0 spiro atoms. The summed E-state index contributed by atoms with van der Waals surface area (Å²) >= 11 is 1.25. The van der Waals surface area contributed by atoms with Crippen molar-refractivity contribution in [1.82, 2.24) is 25.4 Å². The third-order valence-corrected chi connectivity index (χ3v) is 7.63. The van der Waals surface area contributed by atoms with Gasteiger partial charge in [0.2, 0.25) is 5.91 Å². The summed E-state index contributed by atoms with van der Waals surface area (Å²) in [5.41, 5.74) is 3.65. The molecule has 2 heterocycles. The normalized spacial score (nSPS) is 19.8. The van der Waals surface area contributed by atoms with Crippen LogP contribution in [-0.4, -0.2) is 60.2 Å². The molecule has 2 unspecified atom stereocenters. The maximum atomic E-state index is 14.8. The Kier molecular flexibility index (Phi) is 10.4. The van der Waals surface area contributed by atoms with Gasteiger partial charge in [0.15, 0.2) is 10.9 Å². The van der Waals surface area contributed by atoms with Crippen LogP contribution < -0.4 is 5.48 Å². The molecule has 1 aromatic heterocycles. The van der Waals surface area contributed by atoms with Gasteiger partial charge in [0.25, 0.3) is 0 Å². The van der Waals surface area contributed by atoms with Gasteiger partial charge in [-0.25, -0.2) is 14.6 Å². The fourth-order valence-corrected chi connectivity index (χ4v) is 5.50. The molecule has 2 aliphatic rings. The first-order valence-electron chi connectivity index (χ1n) is 12.1. The molecule has 2 aromatic rings. The Hall–Kier alpha value is -2.60. The molecule has 200 valence electrons. The summed E-state index contributed by atoms with van der Waals surface area (Å²) in [6.07, 6.45) is 6.43. The lowest BCUT2D eigenvalue weighted by molar-refractivity contribution is -0.129. The zero-order valence-corrected chi connectivity index (χ0v) is 22.1. The SMILES string of the molecule is CC(=O)SC1CCN(C(C(=O)C2CC2)c2ccccc2F)CC1=Cc1cnnn1CCCC(=O)NO.Cl. The van der Waals surface area contributed by atoms with Crippen molar-refractivity contribution in [3.8, 4) is 0 Å². The summed E-state index contributed by atoms with van der Waals surface area (Å²) < 4.78 is 16.5. The van der Waals surface area contributed by atoms with E-state index in [9.17, 15) is 18.8 Å². The number of halogens is 2. The Bertz CT molecular complexity index is 1160. The minimum Gasteiger partial charge on any atom is -0.297 e. The number of Topliss-reactive ketones (excluding diaryl/α,β-unsaturated/α-hetero) is 1. The van der Waals surface area contributed by atoms with Crippen LogP contribution in [-0.2, 0) is 20.9 Å². The number of piperidine rings is 1. The largest absolute Gasteiger partial charge is 0.297 e. The average Bonchev–Trinajstić information content (AvgIpc) is 3.62. The summed E-state index contributed by atoms with van der Waals surface area (Å²) in [5, 5.41) is 16.7. The van der Waals surface area contributed by atoms with Gasteiger partial charge in [-0.2, -0.15) is 0 Å². The van der Waals surface area contributed by atoms with Gasteiger partial charge < -0.3 is 0 Å². The molecule has 1 saturated heterocycles. The number of rotatable bonds is 10. The second kappa shape index (κ2) is 13.3. The predicted octanol–water partition coefficient (Wildman–Crippen LogP) is 3.58. The number of amides is 1. The minimum atomic E-state index is -0.676. The van der Waals surface area contributed by atoms with E-state index in [1.54, 1.807) is 34.6 Å². The van der Waals surface area contributed by atoms with Crippen molar-refractivity contribution >= 4 is 47.1 Å². The number of hydrogen-bond acceptors (Lipinski definition) is 8. The lowest BCUT2D eigenvalue weighted by atomic mass is 9.93. The first-order chi connectivity index (χ1) is 17.4. The third kappa shape index (κ3) is 7.47. The third-order valence-electron chi connectivity index (χ3n) is 6.48. The molecule has 1 saturated carbocycles. The van der Waals surface area contributed by atoms with E-state index in [0.29, 0.717) is 43.7 Å². The minimum absolute atomic E-state index is 0.